The van der Waals surface area contributed by atoms with Gasteiger partial charge in [-0.1, -0.05) is 15.9 Å². The maximum Gasteiger partial charge on any atom is 0.416 e. The van der Waals surface area contributed by atoms with Crippen molar-refractivity contribution in [1.29, 1.82) is 0 Å². The normalized spacial score (nSPS) is 12.5. The molecule has 0 fully saturated rings. The van der Waals surface area contributed by atoms with Crippen molar-refractivity contribution in [3.05, 3.63) is 28.2 Å². The van der Waals surface area contributed by atoms with Crippen LogP contribution >= 0.6 is 28.3 Å². The molecule has 0 saturated heterocycles. The second-order valence-electron chi connectivity index (χ2n) is 3.68. The summed E-state index contributed by atoms with van der Waals surface area (Å²) in [5.74, 6) is -0.601. The van der Waals surface area contributed by atoms with E-state index in [0.717, 1.165) is 12.1 Å². The molecule has 3 N–H and O–H groups in total. The molecule has 0 radical (unpaired) electrons. The Hall–Kier alpha value is -0.830. The molecule has 0 aliphatic rings. The fourth-order valence-corrected chi connectivity index (χ4v) is 1.85. The molecule has 114 valence electrons. The minimum Gasteiger partial charge on any atom is -0.370 e. The number of carbonyl (C=O) groups excluding carboxylic acids is 1. The largest absolute Gasteiger partial charge is 0.416 e. The lowest BCUT2D eigenvalue weighted by atomic mass is 10.2. The highest BCUT2D eigenvalue weighted by Crippen LogP contribution is 2.33. The lowest BCUT2D eigenvalue weighted by Gasteiger charge is -2.15. The first-order valence-electron chi connectivity index (χ1n) is 5.19. The number of hydrogen-bond donors (Lipinski definition) is 2. The van der Waals surface area contributed by atoms with Gasteiger partial charge in [0.25, 0.3) is 5.91 Å². The fourth-order valence-electron chi connectivity index (χ4n) is 1.36. The molecular weight excluding hydrogens is 364 g/mol. The van der Waals surface area contributed by atoms with Gasteiger partial charge in [-0.15, -0.1) is 12.4 Å². The summed E-state index contributed by atoms with van der Waals surface area (Å²) < 4.78 is 42.8. The van der Waals surface area contributed by atoms with Crippen LogP contribution in [0.3, 0.4) is 0 Å². The SMILES string of the molecule is COC(CN)C(=O)Nc1cc(Br)cc(C(F)(F)F)c1.Cl. The summed E-state index contributed by atoms with van der Waals surface area (Å²) in [6.07, 6.45) is -5.40. The molecule has 0 bridgehead atoms. The average Bonchev–Trinajstić information content (AvgIpc) is 2.28. The number of nitrogens with one attached hydrogen (secondary N) is 1. The number of alkyl halides is 3. The zero-order chi connectivity index (χ0) is 14.6. The molecule has 0 spiro atoms. The van der Waals surface area contributed by atoms with Crippen molar-refractivity contribution >= 4 is 39.9 Å². The van der Waals surface area contributed by atoms with Gasteiger partial charge in [0.15, 0.2) is 0 Å². The van der Waals surface area contributed by atoms with Crippen molar-refractivity contribution < 1.29 is 22.7 Å². The lowest BCUT2D eigenvalue weighted by Crippen LogP contribution is -2.35. The van der Waals surface area contributed by atoms with Gasteiger partial charge in [-0.2, -0.15) is 13.2 Å². The van der Waals surface area contributed by atoms with Gasteiger partial charge in [0.05, 0.1) is 5.56 Å². The molecule has 4 nitrogen and oxygen atoms in total. The number of rotatable bonds is 4. The smallest absolute Gasteiger partial charge is 0.370 e. The Bertz CT molecular complexity index is 467. The van der Waals surface area contributed by atoms with Crippen molar-refractivity contribution in [2.75, 3.05) is 19.0 Å². The number of benzene rings is 1. The molecule has 1 amide bonds. The Balaban J connectivity index is 0.00000361. The Morgan fingerprint density at radius 2 is 2.05 bits per heavy atom. The quantitative estimate of drug-likeness (QED) is 0.848. The monoisotopic (exact) mass is 376 g/mol. The van der Waals surface area contributed by atoms with Gasteiger partial charge in [-0.3, -0.25) is 4.79 Å². The van der Waals surface area contributed by atoms with E-state index in [-0.39, 0.29) is 29.1 Å². The molecule has 1 aromatic carbocycles. The second kappa shape index (κ2) is 7.82. The van der Waals surface area contributed by atoms with Crippen molar-refractivity contribution in [3.8, 4) is 0 Å². The lowest BCUT2D eigenvalue weighted by molar-refractivity contribution is -0.137. The van der Waals surface area contributed by atoms with E-state index in [2.05, 4.69) is 21.2 Å². The van der Waals surface area contributed by atoms with Crippen LogP contribution < -0.4 is 11.1 Å². The molecule has 0 heterocycles. The molecule has 1 unspecified atom stereocenters. The molecule has 9 heteroatoms. The highest BCUT2D eigenvalue weighted by Gasteiger charge is 2.31. The van der Waals surface area contributed by atoms with Gasteiger partial charge in [-0.25, -0.2) is 0 Å². The molecule has 1 rings (SSSR count). The zero-order valence-corrected chi connectivity index (χ0v) is 12.7. The number of carbonyl (C=O) groups is 1. The van der Waals surface area contributed by atoms with E-state index >= 15 is 0 Å². The Morgan fingerprint density at radius 1 is 1.45 bits per heavy atom. The average molecular weight is 378 g/mol. The predicted molar refractivity (Wildman–Crippen MR) is 74.9 cm³/mol. The van der Waals surface area contributed by atoms with Crippen LogP contribution in [0.4, 0.5) is 18.9 Å². The van der Waals surface area contributed by atoms with Crippen LogP contribution in [-0.4, -0.2) is 25.7 Å². The number of anilines is 1. The molecule has 1 atom stereocenters. The topological polar surface area (TPSA) is 64.3 Å². The van der Waals surface area contributed by atoms with E-state index in [0.29, 0.717) is 0 Å². The molecule has 0 aromatic heterocycles. The molecule has 1 aromatic rings. The zero-order valence-electron chi connectivity index (χ0n) is 10.3. The fraction of sp³-hybridized carbons (Fsp3) is 0.364. The number of ether oxygens (including phenoxy) is 1. The number of amides is 1. The first-order valence-corrected chi connectivity index (χ1v) is 5.98. The van der Waals surface area contributed by atoms with Crippen molar-refractivity contribution in [2.45, 2.75) is 12.3 Å². The van der Waals surface area contributed by atoms with Crippen molar-refractivity contribution in [1.82, 2.24) is 0 Å². The van der Waals surface area contributed by atoms with Crippen LogP contribution in [-0.2, 0) is 15.7 Å². The number of halogens is 5. The number of methoxy groups -OCH3 is 1. The van der Waals surface area contributed by atoms with E-state index in [9.17, 15) is 18.0 Å². The van der Waals surface area contributed by atoms with Gasteiger partial charge in [-0.05, 0) is 18.2 Å². The van der Waals surface area contributed by atoms with Crippen LogP contribution in [0.5, 0.6) is 0 Å². The third-order valence-electron chi connectivity index (χ3n) is 2.28. The standard InChI is InChI=1S/C11H12BrF3N2O2.ClH/c1-19-9(5-16)10(18)17-8-3-6(11(13,14)15)2-7(12)4-8;/h2-4,9H,5,16H2,1H3,(H,17,18);1H. The van der Waals surface area contributed by atoms with Crippen LogP contribution in [0, 0.1) is 0 Å². The van der Waals surface area contributed by atoms with Crippen molar-refractivity contribution in [3.63, 3.8) is 0 Å². The Kier molecular flexibility index (Phi) is 7.50. The molecular formula is C11H13BrClF3N2O2. The number of hydrogen-bond acceptors (Lipinski definition) is 3. The highest BCUT2D eigenvalue weighted by atomic mass is 79.9. The predicted octanol–water partition coefficient (Wildman–Crippen LogP) is 2.80. The van der Waals surface area contributed by atoms with E-state index in [4.69, 9.17) is 10.5 Å². The van der Waals surface area contributed by atoms with Gasteiger partial charge >= 0.3 is 6.18 Å². The maximum absolute atomic E-state index is 12.6. The summed E-state index contributed by atoms with van der Waals surface area (Å²) in [6.45, 7) is -0.0670. The molecule has 0 aliphatic heterocycles. The second-order valence-corrected chi connectivity index (χ2v) is 4.59. The van der Waals surface area contributed by atoms with E-state index in [1.807, 2.05) is 0 Å². The van der Waals surface area contributed by atoms with Gasteiger partial charge < -0.3 is 15.8 Å². The third-order valence-corrected chi connectivity index (χ3v) is 2.74. The summed E-state index contributed by atoms with van der Waals surface area (Å²) in [5.41, 5.74) is 4.45. The first kappa shape index (κ1) is 19.2. The Labute approximate surface area is 128 Å². The summed E-state index contributed by atoms with van der Waals surface area (Å²) >= 11 is 2.96. The van der Waals surface area contributed by atoms with Gasteiger partial charge in [0.1, 0.15) is 6.10 Å². The third kappa shape index (κ3) is 5.28. The van der Waals surface area contributed by atoms with Crippen molar-refractivity contribution in [2.24, 2.45) is 5.73 Å². The molecule has 0 saturated carbocycles. The summed E-state index contributed by atoms with van der Waals surface area (Å²) in [7, 11) is 1.29. The van der Waals surface area contributed by atoms with Crippen LogP contribution in [0.15, 0.2) is 22.7 Å². The minimum atomic E-state index is -4.49. The molecule has 0 aliphatic carbocycles. The van der Waals surface area contributed by atoms with E-state index in [1.165, 1.54) is 13.2 Å². The highest BCUT2D eigenvalue weighted by molar-refractivity contribution is 9.10. The minimum absolute atomic E-state index is 0. The van der Waals surface area contributed by atoms with Crippen LogP contribution in [0.2, 0.25) is 0 Å². The van der Waals surface area contributed by atoms with Gasteiger partial charge in [0.2, 0.25) is 0 Å². The first-order chi connectivity index (χ1) is 8.77. The number of nitrogens with two attached hydrogens (primary N) is 1. The summed E-state index contributed by atoms with van der Waals surface area (Å²) in [4.78, 5) is 11.6. The summed E-state index contributed by atoms with van der Waals surface area (Å²) in [5, 5.41) is 2.32. The maximum atomic E-state index is 12.6. The summed E-state index contributed by atoms with van der Waals surface area (Å²) in [6, 6.07) is 3.12. The van der Waals surface area contributed by atoms with Crippen LogP contribution in [0.25, 0.3) is 0 Å². The van der Waals surface area contributed by atoms with Crippen LogP contribution in [0.1, 0.15) is 5.56 Å². The van der Waals surface area contributed by atoms with E-state index < -0.39 is 23.8 Å². The van der Waals surface area contributed by atoms with Gasteiger partial charge in [0, 0.05) is 23.8 Å². The Morgan fingerprint density at radius 3 is 2.50 bits per heavy atom. The van der Waals surface area contributed by atoms with E-state index in [1.54, 1.807) is 0 Å². The molecule has 20 heavy (non-hydrogen) atoms.